The number of phenols is 2. The second kappa shape index (κ2) is 9.25. The molecule has 0 bridgehead atoms. The predicted octanol–water partition coefficient (Wildman–Crippen LogP) is 6.30. The summed E-state index contributed by atoms with van der Waals surface area (Å²) in [5, 5.41) is 22.4. The van der Waals surface area contributed by atoms with Gasteiger partial charge in [0.05, 0.1) is 11.9 Å². The van der Waals surface area contributed by atoms with Crippen LogP contribution in [0, 0.1) is 5.92 Å². The minimum atomic E-state index is -0.0960. The number of aromatic hydroxyl groups is 2. The van der Waals surface area contributed by atoms with Crippen molar-refractivity contribution in [3.05, 3.63) is 59.6 Å². The van der Waals surface area contributed by atoms with E-state index >= 15 is 0 Å². The Bertz CT molecular complexity index is 903. The van der Waals surface area contributed by atoms with Gasteiger partial charge in [-0.3, -0.25) is 9.97 Å². The van der Waals surface area contributed by atoms with Crippen LogP contribution in [0.15, 0.2) is 48.5 Å². The van der Waals surface area contributed by atoms with E-state index in [9.17, 15) is 10.2 Å². The summed E-state index contributed by atoms with van der Waals surface area (Å²) in [5.74, 6) is 0.376. The van der Waals surface area contributed by atoms with Gasteiger partial charge in [0.15, 0.2) is 0 Å². The number of rotatable bonds is 7. The molecule has 2 atom stereocenters. The molecule has 4 nitrogen and oxygen atoms in total. The number of unbranched alkanes of at least 4 members (excludes halogenated alkanes) is 2. The Balaban J connectivity index is 2.18. The first-order valence-electron chi connectivity index (χ1n) is 10.6. The highest BCUT2D eigenvalue weighted by Gasteiger charge is 2.32. The molecule has 0 amide bonds. The van der Waals surface area contributed by atoms with Crippen LogP contribution in [0.4, 0.5) is 0 Å². The predicted molar refractivity (Wildman–Crippen MR) is 118 cm³/mol. The van der Waals surface area contributed by atoms with E-state index in [0.717, 1.165) is 49.7 Å². The maximum Gasteiger partial charge on any atom is 0.132 e. The number of aromatic nitrogens is 2. The van der Waals surface area contributed by atoms with Gasteiger partial charge in [0.25, 0.3) is 0 Å². The SMILES string of the molecule is C=C(C)C1CCC(C)=CC1c1c(O)cc(CCCCC)c(-c2cnccn2)c1O. The van der Waals surface area contributed by atoms with Gasteiger partial charge in [0, 0.05) is 29.4 Å². The molecular weight excluding hydrogens is 360 g/mol. The van der Waals surface area contributed by atoms with Crippen molar-refractivity contribution < 1.29 is 10.2 Å². The summed E-state index contributed by atoms with van der Waals surface area (Å²) in [6.07, 6.45) is 13.1. The van der Waals surface area contributed by atoms with Crippen LogP contribution in [-0.4, -0.2) is 20.2 Å². The lowest BCUT2D eigenvalue weighted by molar-refractivity contribution is 0.407. The molecule has 0 saturated heterocycles. The van der Waals surface area contributed by atoms with Crippen molar-refractivity contribution >= 4 is 0 Å². The Kier molecular flexibility index (Phi) is 6.73. The highest BCUT2D eigenvalue weighted by atomic mass is 16.3. The fraction of sp³-hybridized carbons (Fsp3) is 0.440. The van der Waals surface area contributed by atoms with Crippen LogP contribution in [0.5, 0.6) is 11.5 Å². The third-order valence-corrected chi connectivity index (χ3v) is 5.98. The summed E-state index contributed by atoms with van der Waals surface area (Å²) in [4.78, 5) is 8.64. The van der Waals surface area contributed by atoms with E-state index in [1.807, 2.05) is 13.0 Å². The Morgan fingerprint density at radius 2 is 2.03 bits per heavy atom. The molecule has 2 unspecified atom stereocenters. The summed E-state index contributed by atoms with van der Waals surface area (Å²) in [6.45, 7) is 10.5. The summed E-state index contributed by atoms with van der Waals surface area (Å²) < 4.78 is 0. The average Bonchev–Trinajstić information content (AvgIpc) is 2.68. The number of hydrogen-bond acceptors (Lipinski definition) is 4. The van der Waals surface area contributed by atoms with Crippen LogP contribution in [0.1, 0.15) is 69.9 Å². The van der Waals surface area contributed by atoms with Gasteiger partial charge >= 0.3 is 0 Å². The zero-order valence-electron chi connectivity index (χ0n) is 17.8. The molecule has 1 aliphatic rings. The quantitative estimate of drug-likeness (QED) is 0.428. The smallest absolute Gasteiger partial charge is 0.132 e. The van der Waals surface area contributed by atoms with Crippen LogP contribution in [0.3, 0.4) is 0 Å². The molecule has 2 N–H and O–H groups in total. The second-order valence-electron chi connectivity index (χ2n) is 8.27. The topological polar surface area (TPSA) is 66.2 Å². The molecule has 0 aliphatic heterocycles. The molecule has 0 fully saturated rings. The first-order valence-corrected chi connectivity index (χ1v) is 10.6. The summed E-state index contributed by atoms with van der Waals surface area (Å²) >= 11 is 0. The van der Waals surface area contributed by atoms with Crippen LogP contribution in [0.2, 0.25) is 0 Å². The molecule has 1 aromatic carbocycles. The molecule has 3 rings (SSSR count). The Hall–Kier alpha value is -2.62. The van der Waals surface area contributed by atoms with E-state index in [-0.39, 0.29) is 23.3 Å². The fourth-order valence-electron chi connectivity index (χ4n) is 4.43. The summed E-state index contributed by atoms with van der Waals surface area (Å²) in [7, 11) is 0. The number of allylic oxidation sites excluding steroid dienone is 3. The fourth-order valence-corrected chi connectivity index (χ4v) is 4.43. The third-order valence-electron chi connectivity index (χ3n) is 5.98. The maximum absolute atomic E-state index is 11.4. The van der Waals surface area contributed by atoms with E-state index in [2.05, 4.69) is 36.5 Å². The summed E-state index contributed by atoms with van der Waals surface area (Å²) in [5.41, 5.74) is 5.18. The Morgan fingerprint density at radius 1 is 1.24 bits per heavy atom. The number of hydrogen-bond donors (Lipinski definition) is 2. The molecule has 0 spiro atoms. The van der Waals surface area contributed by atoms with Crippen molar-refractivity contribution in [1.82, 2.24) is 9.97 Å². The highest BCUT2D eigenvalue weighted by molar-refractivity contribution is 5.75. The van der Waals surface area contributed by atoms with E-state index in [4.69, 9.17) is 0 Å². The van der Waals surface area contributed by atoms with Gasteiger partial charge in [0.1, 0.15) is 11.5 Å². The zero-order valence-corrected chi connectivity index (χ0v) is 17.8. The van der Waals surface area contributed by atoms with Crippen molar-refractivity contribution in [1.29, 1.82) is 0 Å². The van der Waals surface area contributed by atoms with Gasteiger partial charge in [-0.2, -0.15) is 0 Å². The first kappa shape index (κ1) is 21.1. The molecular formula is C25H32N2O2. The number of phenolic OH excluding ortho intramolecular Hbond substituents is 2. The lowest BCUT2D eigenvalue weighted by Crippen LogP contribution is -2.17. The molecule has 29 heavy (non-hydrogen) atoms. The molecule has 4 heteroatoms. The lowest BCUT2D eigenvalue weighted by Gasteiger charge is -2.32. The number of benzene rings is 1. The van der Waals surface area contributed by atoms with Gasteiger partial charge in [-0.15, -0.1) is 0 Å². The molecule has 1 aliphatic carbocycles. The van der Waals surface area contributed by atoms with Crippen molar-refractivity contribution in [3.63, 3.8) is 0 Å². The third kappa shape index (κ3) is 4.52. The molecule has 1 aromatic heterocycles. The van der Waals surface area contributed by atoms with Gasteiger partial charge in [-0.1, -0.05) is 43.6 Å². The largest absolute Gasteiger partial charge is 0.507 e. The van der Waals surface area contributed by atoms with Gasteiger partial charge in [-0.05, 0) is 57.1 Å². The maximum atomic E-state index is 11.4. The second-order valence-corrected chi connectivity index (χ2v) is 8.27. The van der Waals surface area contributed by atoms with Crippen LogP contribution in [-0.2, 0) is 6.42 Å². The highest BCUT2D eigenvalue weighted by Crippen LogP contribution is 2.50. The van der Waals surface area contributed by atoms with Crippen molar-refractivity contribution in [3.8, 4) is 22.8 Å². The normalized spacial score (nSPS) is 19.1. The van der Waals surface area contributed by atoms with Crippen LogP contribution < -0.4 is 0 Å². The molecule has 154 valence electrons. The first-order chi connectivity index (χ1) is 13.9. The van der Waals surface area contributed by atoms with Crippen molar-refractivity contribution in [2.45, 2.75) is 65.2 Å². The number of nitrogens with zero attached hydrogens (tertiary/aromatic N) is 2. The van der Waals surface area contributed by atoms with E-state index in [0.29, 0.717) is 16.8 Å². The average molecular weight is 393 g/mol. The Labute approximate surface area is 174 Å². The Morgan fingerprint density at radius 3 is 2.69 bits per heavy atom. The minimum absolute atomic E-state index is 0.0960. The molecule has 2 aromatic rings. The van der Waals surface area contributed by atoms with Crippen molar-refractivity contribution in [2.24, 2.45) is 5.92 Å². The molecule has 0 saturated carbocycles. The number of aryl methyl sites for hydroxylation is 1. The van der Waals surface area contributed by atoms with E-state index in [1.54, 1.807) is 18.6 Å². The van der Waals surface area contributed by atoms with E-state index in [1.165, 1.54) is 5.57 Å². The lowest BCUT2D eigenvalue weighted by atomic mass is 9.73. The standard InChI is InChI=1S/C25H32N2O2/c1-5-6-7-8-18-14-22(28)24(20-13-17(4)9-10-19(20)16(2)3)25(29)23(18)21-15-26-11-12-27-21/h11-15,19-20,28-29H,2,5-10H2,1,3-4H3. The molecule has 0 radical (unpaired) electrons. The molecule has 1 heterocycles. The monoisotopic (exact) mass is 392 g/mol. The zero-order chi connectivity index (χ0) is 21.0. The van der Waals surface area contributed by atoms with Crippen LogP contribution in [0.25, 0.3) is 11.3 Å². The van der Waals surface area contributed by atoms with Gasteiger partial charge in [-0.25, -0.2) is 0 Å². The van der Waals surface area contributed by atoms with E-state index < -0.39 is 0 Å². The van der Waals surface area contributed by atoms with Gasteiger partial charge < -0.3 is 10.2 Å². The minimum Gasteiger partial charge on any atom is -0.507 e. The van der Waals surface area contributed by atoms with Crippen molar-refractivity contribution in [2.75, 3.05) is 0 Å². The van der Waals surface area contributed by atoms with Gasteiger partial charge in [0.2, 0.25) is 0 Å². The summed E-state index contributed by atoms with van der Waals surface area (Å²) in [6, 6.07) is 1.82. The van der Waals surface area contributed by atoms with Crippen LogP contribution >= 0.6 is 0 Å².